The maximum absolute atomic E-state index is 13.5. The standard InChI is InChI=1S/C26H27ClN2O4S/c1-3-18-10-11-19(4-2)20(14-18)16-28-26(30)25-17-29(23-15-21(27)12-13-24(23)33-25)34(31,32)22-8-6-5-7-9-22/h5-15,25H,3-4,16-17H2,1-2H3,(H,28,30)/t25-/m1/s1. The number of rotatable bonds is 7. The molecule has 0 aromatic heterocycles. The number of sulfonamides is 1. The molecule has 0 saturated heterocycles. The Morgan fingerprint density at radius 3 is 2.50 bits per heavy atom. The number of fused-ring (bicyclic) bond motifs is 1. The van der Waals surface area contributed by atoms with Gasteiger partial charge in [0.05, 0.1) is 17.1 Å². The van der Waals surface area contributed by atoms with Gasteiger partial charge in [-0.1, -0.05) is 61.8 Å². The molecule has 0 spiro atoms. The van der Waals surface area contributed by atoms with Crippen LogP contribution in [0.3, 0.4) is 0 Å². The third-order valence-corrected chi connectivity index (χ3v) is 7.96. The van der Waals surface area contributed by atoms with Gasteiger partial charge in [0.2, 0.25) is 0 Å². The molecular formula is C26H27ClN2O4S. The van der Waals surface area contributed by atoms with Gasteiger partial charge in [0.1, 0.15) is 5.75 Å². The van der Waals surface area contributed by atoms with E-state index in [4.69, 9.17) is 16.3 Å². The average molecular weight is 499 g/mol. The second-order valence-corrected chi connectivity index (χ2v) is 10.4. The van der Waals surface area contributed by atoms with Crippen molar-refractivity contribution in [3.8, 4) is 5.75 Å². The van der Waals surface area contributed by atoms with E-state index in [0.717, 1.165) is 24.0 Å². The number of nitrogens with one attached hydrogen (secondary N) is 1. The number of aryl methyl sites for hydroxylation is 2. The number of amides is 1. The third-order valence-electron chi connectivity index (χ3n) is 5.93. The van der Waals surface area contributed by atoms with E-state index in [2.05, 4.69) is 37.4 Å². The molecule has 0 aliphatic carbocycles. The molecule has 1 amide bonds. The van der Waals surface area contributed by atoms with Crippen molar-refractivity contribution in [1.29, 1.82) is 0 Å². The second-order valence-electron chi connectivity index (χ2n) is 8.10. The second kappa shape index (κ2) is 10.1. The van der Waals surface area contributed by atoms with Crippen LogP contribution >= 0.6 is 11.6 Å². The summed E-state index contributed by atoms with van der Waals surface area (Å²) in [6.07, 6.45) is 0.751. The Labute approximate surface area is 205 Å². The summed E-state index contributed by atoms with van der Waals surface area (Å²) in [7, 11) is -3.93. The van der Waals surface area contributed by atoms with E-state index in [9.17, 15) is 13.2 Å². The number of nitrogens with zero attached hydrogens (tertiary/aromatic N) is 1. The van der Waals surface area contributed by atoms with Gasteiger partial charge >= 0.3 is 0 Å². The Bertz CT molecular complexity index is 1300. The minimum Gasteiger partial charge on any atom is -0.476 e. The maximum Gasteiger partial charge on any atom is 0.264 e. The molecular weight excluding hydrogens is 472 g/mol. The van der Waals surface area contributed by atoms with Crippen molar-refractivity contribution >= 4 is 33.2 Å². The molecule has 178 valence electrons. The van der Waals surface area contributed by atoms with E-state index < -0.39 is 16.1 Å². The number of hydrogen-bond acceptors (Lipinski definition) is 4. The molecule has 0 radical (unpaired) electrons. The highest BCUT2D eigenvalue weighted by Gasteiger charge is 2.37. The van der Waals surface area contributed by atoms with E-state index in [0.29, 0.717) is 17.3 Å². The van der Waals surface area contributed by atoms with E-state index in [1.165, 1.54) is 28.1 Å². The van der Waals surface area contributed by atoms with Crippen molar-refractivity contribution < 1.29 is 17.9 Å². The Hall–Kier alpha value is -3.03. The molecule has 3 aromatic rings. The number of carbonyl (C=O) groups excluding carboxylic acids is 1. The summed E-state index contributed by atoms with van der Waals surface area (Å²) in [4.78, 5) is 13.3. The van der Waals surface area contributed by atoms with Crippen LogP contribution < -0.4 is 14.4 Å². The smallest absolute Gasteiger partial charge is 0.264 e. The quantitative estimate of drug-likeness (QED) is 0.510. The molecule has 4 rings (SSSR count). The molecule has 1 heterocycles. The predicted octanol–water partition coefficient (Wildman–Crippen LogP) is 4.74. The summed E-state index contributed by atoms with van der Waals surface area (Å²) < 4.78 is 34.0. The molecule has 6 nitrogen and oxygen atoms in total. The van der Waals surface area contributed by atoms with Crippen LogP contribution in [0.4, 0.5) is 5.69 Å². The predicted molar refractivity (Wildman–Crippen MR) is 134 cm³/mol. The summed E-state index contributed by atoms with van der Waals surface area (Å²) >= 11 is 6.15. The van der Waals surface area contributed by atoms with Crippen LogP contribution in [0.15, 0.2) is 71.6 Å². The lowest BCUT2D eigenvalue weighted by atomic mass is 10.0. The molecule has 1 N–H and O–H groups in total. The van der Waals surface area contributed by atoms with Crippen molar-refractivity contribution in [3.63, 3.8) is 0 Å². The monoisotopic (exact) mass is 498 g/mol. The normalized spacial score (nSPS) is 15.4. The van der Waals surface area contributed by atoms with Crippen LogP contribution in [0, 0.1) is 0 Å². The van der Waals surface area contributed by atoms with Gasteiger partial charge in [0.25, 0.3) is 15.9 Å². The fourth-order valence-corrected chi connectivity index (χ4v) is 5.67. The molecule has 3 aromatic carbocycles. The van der Waals surface area contributed by atoms with Crippen molar-refractivity contribution in [2.75, 3.05) is 10.8 Å². The lowest BCUT2D eigenvalue weighted by molar-refractivity contribution is -0.127. The van der Waals surface area contributed by atoms with Crippen molar-refractivity contribution in [1.82, 2.24) is 5.32 Å². The number of ether oxygens (including phenoxy) is 1. The SMILES string of the molecule is CCc1ccc(CC)c(CNC(=O)[C@H]2CN(S(=O)(=O)c3ccccc3)c3cc(Cl)ccc3O2)c1. The first-order valence-electron chi connectivity index (χ1n) is 11.3. The number of carbonyl (C=O) groups is 1. The van der Waals surface area contributed by atoms with Gasteiger partial charge in [-0.2, -0.15) is 0 Å². The van der Waals surface area contributed by atoms with Gasteiger partial charge in [-0.05, 0) is 59.9 Å². The van der Waals surface area contributed by atoms with Gasteiger partial charge in [0, 0.05) is 11.6 Å². The zero-order valence-electron chi connectivity index (χ0n) is 19.1. The maximum atomic E-state index is 13.5. The Balaban J connectivity index is 1.60. The fraction of sp³-hybridized carbons (Fsp3) is 0.269. The molecule has 34 heavy (non-hydrogen) atoms. The Morgan fingerprint density at radius 2 is 1.79 bits per heavy atom. The minimum absolute atomic E-state index is 0.131. The highest BCUT2D eigenvalue weighted by Crippen LogP contribution is 2.38. The highest BCUT2D eigenvalue weighted by molar-refractivity contribution is 7.92. The summed E-state index contributed by atoms with van der Waals surface area (Å²) in [5.41, 5.74) is 3.72. The van der Waals surface area contributed by atoms with Crippen LogP contribution in [-0.2, 0) is 34.2 Å². The third kappa shape index (κ3) is 4.91. The summed E-state index contributed by atoms with van der Waals surface area (Å²) in [6, 6.07) is 19.1. The molecule has 0 saturated carbocycles. The lowest BCUT2D eigenvalue weighted by Gasteiger charge is -2.35. The average Bonchev–Trinajstić information content (AvgIpc) is 2.86. The summed E-state index contributed by atoms with van der Waals surface area (Å²) in [5.74, 6) is -0.0876. The highest BCUT2D eigenvalue weighted by atomic mass is 35.5. The van der Waals surface area contributed by atoms with Crippen LogP contribution in [-0.4, -0.2) is 27.0 Å². The van der Waals surface area contributed by atoms with Crippen molar-refractivity contribution in [2.45, 2.75) is 44.2 Å². The zero-order valence-corrected chi connectivity index (χ0v) is 20.7. The van der Waals surface area contributed by atoms with E-state index >= 15 is 0 Å². The number of hydrogen-bond donors (Lipinski definition) is 1. The summed E-state index contributed by atoms with van der Waals surface area (Å²) in [6.45, 7) is 4.34. The van der Waals surface area contributed by atoms with Gasteiger partial charge in [-0.15, -0.1) is 0 Å². The van der Waals surface area contributed by atoms with E-state index in [1.807, 2.05) is 0 Å². The zero-order chi connectivity index (χ0) is 24.3. The molecule has 0 unspecified atom stereocenters. The van der Waals surface area contributed by atoms with Crippen LogP contribution in [0.2, 0.25) is 5.02 Å². The molecule has 8 heteroatoms. The first kappa shape index (κ1) is 24.1. The number of benzene rings is 3. The minimum atomic E-state index is -3.93. The molecule has 0 fully saturated rings. The van der Waals surface area contributed by atoms with E-state index in [1.54, 1.807) is 30.3 Å². The fourth-order valence-electron chi connectivity index (χ4n) is 4.01. The van der Waals surface area contributed by atoms with Gasteiger partial charge in [-0.3, -0.25) is 9.10 Å². The largest absolute Gasteiger partial charge is 0.476 e. The molecule has 1 aliphatic rings. The summed E-state index contributed by atoms with van der Waals surface area (Å²) in [5, 5.41) is 3.31. The first-order chi connectivity index (χ1) is 16.3. The van der Waals surface area contributed by atoms with Crippen molar-refractivity contribution in [3.05, 3.63) is 88.4 Å². The van der Waals surface area contributed by atoms with Crippen LogP contribution in [0.1, 0.15) is 30.5 Å². The van der Waals surface area contributed by atoms with Gasteiger partial charge < -0.3 is 10.1 Å². The first-order valence-corrected chi connectivity index (χ1v) is 13.1. The number of halogens is 1. The Morgan fingerprint density at radius 1 is 1.03 bits per heavy atom. The molecule has 1 atom stereocenters. The molecule has 0 bridgehead atoms. The number of anilines is 1. The lowest BCUT2D eigenvalue weighted by Crippen LogP contribution is -2.50. The van der Waals surface area contributed by atoms with Crippen LogP contribution in [0.5, 0.6) is 5.75 Å². The molecule has 1 aliphatic heterocycles. The van der Waals surface area contributed by atoms with Gasteiger partial charge in [-0.25, -0.2) is 8.42 Å². The van der Waals surface area contributed by atoms with Gasteiger partial charge in [0.15, 0.2) is 6.10 Å². The van der Waals surface area contributed by atoms with Crippen LogP contribution in [0.25, 0.3) is 0 Å². The topological polar surface area (TPSA) is 75.7 Å². The van der Waals surface area contributed by atoms with Crippen molar-refractivity contribution in [2.24, 2.45) is 0 Å². The Kier molecular flexibility index (Phi) is 7.14. The van der Waals surface area contributed by atoms with E-state index in [-0.39, 0.29) is 23.1 Å².